The molecule has 0 bridgehead atoms. The minimum Gasteiger partial charge on any atom is -0.495 e. The zero-order valence-corrected chi connectivity index (χ0v) is 14.8. The fraction of sp³-hybridized carbons (Fsp3) is 0.190. The first-order chi connectivity index (χ1) is 12.8. The zero-order valence-electron chi connectivity index (χ0n) is 14.8. The van der Waals surface area contributed by atoms with Crippen molar-refractivity contribution in [1.82, 2.24) is 9.55 Å². The van der Waals surface area contributed by atoms with Crippen molar-refractivity contribution in [2.24, 2.45) is 0 Å². The van der Waals surface area contributed by atoms with Gasteiger partial charge in [-0.25, -0.2) is 4.98 Å². The molecule has 1 aromatic heterocycles. The molecule has 3 aromatic carbocycles. The smallest absolute Gasteiger partial charge is 0.134 e. The Balaban J connectivity index is 1.75. The van der Waals surface area contributed by atoms with Crippen molar-refractivity contribution >= 4 is 21.5 Å². The maximum absolute atomic E-state index is 5.78. The van der Waals surface area contributed by atoms with E-state index in [2.05, 4.69) is 35.3 Å². The number of fused-ring (bicyclic) bond motifs is 2. The van der Waals surface area contributed by atoms with Gasteiger partial charge in [-0.05, 0) is 11.6 Å². The summed E-state index contributed by atoms with van der Waals surface area (Å²) in [4.78, 5) is 4.01. The van der Waals surface area contributed by atoms with Crippen molar-refractivity contribution in [3.63, 3.8) is 0 Å². The van der Waals surface area contributed by atoms with Gasteiger partial charge >= 0.3 is 0 Å². The second-order valence-electron chi connectivity index (χ2n) is 6.05. The molecule has 0 fully saturated rings. The van der Waals surface area contributed by atoms with Crippen molar-refractivity contribution < 1.29 is 14.2 Å². The Morgan fingerprint density at radius 3 is 2.23 bits per heavy atom. The number of nitrogens with zero attached hydrogens (tertiary/aromatic N) is 2. The fourth-order valence-corrected chi connectivity index (χ4v) is 3.31. The highest BCUT2D eigenvalue weighted by Gasteiger charge is 2.15. The highest BCUT2D eigenvalue weighted by atomic mass is 16.5. The van der Waals surface area contributed by atoms with Gasteiger partial charge in [0.2, 0.25) is 0 Å². The molecule has 0 atom stereocenters. The summed E-state index contributed by atoms with van der Waals surface area (Å²) in [5.41, 5.74) is 1.08. The molecule has 0 spiro atoms. The molecule has 5 nitrogen and oxygen atoms in total. The molecule has 0 aliphatic carbocycles. The van der Waals surface area contributed by atoms with Crippen LogP contribution in [0, 0.1) is 0 Å². The molecule has 0 radical (unpaired) electrons. The van der Waals surface area contributed by atoms with E-state index in [-0.39, 0.29) is 0 Å². The molecule has 0 unspecified atom stereocenters. The van der Waals surface area contributed by atoms with Gasteiger partial charge in [0, 0.05) is 33.9 Å². The first-order valence-corrected chi connectivity index (χ1v) is 8.40. The highest BCUT2D eigenvalue weighted by Crippen LogP contribution is 2.42. The van der Waals surface area contributed by atoms with Crippen molar-refractivity contribution in [2.45, 2.75) is 13.3 Å². The van der Waals surface area contributed by atoms with E-state index >= 15 is 0 Å². The number of aromatic nitrogens is 2. The second kappa shape index (κ2) is 7.06. The molecule has 0 amide bonds. The second-order valence-corrected chi connectivity index (χ2v) is 6.05. The van der Waals surface area contributed by atoms with Crippen LogP contribution in [0.5, 0.6) is 11.5 Å². The van der Waals surface area contributed by atoms with Gasteiger partial charge in [-0.15, -0.1) is 0 Å². The number of hydrogen-bond acceptors (Lipinski definition) is 4. The van der Waals surface area contributed by atoms with Crippen molar-refractivity contribution in [2.75, 3.05) is 14.2 Å². The van der Waals surface area contributed by atoms with Crippen LogP contribution in [0.1, 0.15) is 5.56 Å². The fourth-order valence-electron chi connectivity index (χ4n) is 3.31. The lowest BCUT2D eigenvalue weighted by molar-refractivity contribution is 0.0640. The largest absolute Gasteiger partial charge is 0.495 e. The monoisotopic (exact) mass is 348 g/mol. The number of rotatable bonds is 6. The summed E-state index contributed by atoms with van der Waals surface area (Å²) in [6.07, 6.45) is 5.35. The Morgan fingerprint density at radius 2 is 1.58 bits per heavy atom. The summed E-state index contributed by atoms with van der Waals surface area (Å²) in [6.45, 7) is 0.975. The third-order valence-corrected chi connectivity index (χ3v) is 4.47. The van der Waals surface area contributed by atoms with Gasteiger partial charge in [-0.3, -0.25) is 0 Å². The average molecular weight is 348 g/mol. The topological polar surface area (TPSA) is 45.5 Å². The third-order valence-electron chi connectivity index (χ3n) is 4.47. The molecule has 0 saturated carbocycles. The van der Waals surface area contributed by atoms with Gasteiger partial charge in [0.15, 0.2) is 0 Å². The van der Waals surface area contributed by atoms with Gasteiger partial charge in [0.1, 0.15) is 18.2 Å². The van der Waals surface area contributed by atoms with Crippen LogP contribution in [-0.4, -0.2) is 23.8 Å². The molecule has 132 valence electrons. The van der Waals surface area contributed by atoms with Gasteiger partial charge in [-0.1, -0.05) is 36.4 Å². The summed E-state index contributed by atoms with van der Waals surface area (Å²) >= 11 is 0. The molecule has 4 aromatic rings. The third kappa shape index (κ3) is 2.86. The molecule has 0 aliphatic heterocycles. The van der Waals surface area contributed by atoms with Gasteiger partial charge in [0.05, 0.1) is 27.2 Å². The Morgan fingerprint density at radius 1 is 0.885 bits per heavy atom. The molecule has 0 N–H and O–H groups in total. The minimum atomic E-state index is 0.468. The molecule has 5 heteroatoms. The molecule has 26 heavy (non-hydrogen) atoms. The van der Waals surface area contributed by atoms with Crippen LogP contribution < -0.4 is 9.47 Å². The Kier molecular flexibility index (Phi) is 4.46. The molecule has 0 aliphatic rings. The maximum atomic E-state index is 5.78. The molecule has 0 saturated heterocycles. The SMILES string of the molecule is COc1c2ccccc2c(OC)c2cc(COCn3ccnc3)ccc12. The number of hydrogen-bond donors (Lipinski definition) is 0. The van der Waals surface area contributed by atoms with Gasteiger partial charge in [0.25, 0.3) is 0 Å². The van der Waals surface area contributed by atoms with Crippen LogP contribution in [0.25, 0.3) is 21.5 Å². The van der Waals surface area contributed by atoms with E-state index < -0.39 is 0 Å². The Bertz CT molecular complexity index is 1040. The quantitative estimate of drug-likeness (QED) is 0.485. The number of ether oxygens (including phenoxy) is 3. The standard InChI is InChI=1S/C21H20N2O3/c1-24-20-16-5-3-4-6-17(16)21(25-2)19-11-15(7-8-18(19)20)12-26-14-23-10-9-22-13-23/h3-11,13H,12,14H2,1-2H3. The maximum Gasteiger partial charge on any atom is 0.134 e. The highest BCUT2D eigenvalue weighted by molar-refractivity contribution is 6.11. The van der Waals surface area contributed by atoms with E-state index in [1.807, 2.05) is 22.9 Å². The summed E-state index contributed by atoms with van der Waals surface area (Å²) in [5.74, 6) is 1.72. The first-order valence-electron chi connectivity index (χ1n) is 8.40. The van der Waals surface area contributed by atoms with E-state index in [0.717, 1.165) is 38.6 Å². The summed E-state index contributed by atoms with van der Waals surface area (Å²) in [5, 5.41) is 4.13. The predicted molar refractivity (Wildman–Crippen MR) is 102 cm³/mol. The number of imidazole rings is 1. The molecular weight excluding hydrogens is 328 g/mol. The normalized spacial score (nSPS) is 11.2. The van der Waals surface area contributed by atoms with Crippen LogP contribution >= 0.6 is 0 Å². The summed E-state index contributed by atoms with van der Waals surface area (Å²) in [6, 6.07) is 14.4. The average Bonchev–Trinajstić information content (AvgIpc) is 3.19. The van der Waals surface area contributed by atoms with Crippen LogP contribution in [0.4, 0.5) is 0 Å². The lowest BCUT2D eigenvalue weighted by atomic mass is 9.99. The van der Waals surface area contributed by atoms with Gasteiger partial charge < -0.3 is 18.8 Å². The van der Waals surface area contributed by atoms with E-state index in [1.54, 1.807) is 26.7 Å². The summed E-state index contributed by atoms with van der Waals surface area (Å²) < 4.78 is 19.1. The number of benzene rings is 3. The Hall–Kier alpha value is -3.05. The van der Waals surface area contributed by atoms with E-state index in [9.17, 15) is 0 Å². The van der Waals surface area contributed by atoms with Crippen molar-refractivity contribution in [3.8, 4) is 11.5 Å². The van der Waals surface area contributed by atoms with Crippen LogP contribution in [0.2, 0.25) is 0 Å². The zero-order chi connectivity index (χ0) is 17.9. The van der Waals surface area contributed by atoms with E-state index in [0.29, 0.717) is 13.3 Å². The number of methoxy groups -OCH3 is 2. The van der Waals surface area contributed by atoms with E-state index in [1.165, 1.54) is 0 Å². The van der Waals surface area contributed by atoms with Crippen LogP contribution in [0.3, 0.4) is 0 Å². The van der Waals surface area contributed by atoms with Crippen molar-refractivity contribution in [3.05, 3.63) is 66.7 Å². The van der Waals surface area contributed by atoms with Crippen molar-refractivity contribution in [1.29, 1.82) is 0 Å². The van der Waals surface area contributed by atoms with Crippen LogP contribution in [0.15, 0.2) is 61.2 Å². The molecular formula is C21H20N2O3. The van der Waals surface area contributed by atoms with Gasteiger partial charge in [-0.2, -0.15) is 0 Å². The van der Waals surface area contributed by atoms with Crippen LogP contribution in [-0.2, 0) is 18.1 Å². The lowest BCUT2D eigenvalue weighted by Crippen LogP contribution is -2.00. The molecule has 4 rings (SSSR count). The molecule has 1 heterocycles. The predicted octanol–water partition coefficient (Wildman–Crippen LogP) is 4.38. The lowest BCUT2D eigenvalue weighted by Gasteiger charge is -2.16. The summed E-state index contributed by atoms with van der Waals surface area (Å²) in [7, 11) is 3.41. The minimum absolute atomic E-state index is 0.468. The first kappa shape index (κ1) is 16.4. The Labute approximate surface area is 151 Å². The van der Waals surface area contributed by atoms with E-state index in [4.69, 9.17) is 14.2 Å².